The zero-order valence-electron chi connectivity index (χ0n) is 7.17. The number of thiazole rings is 1. The molecule has 0 aliphatic rings. The van der Waals surface area contributed by atoms with Crippen molar-refractivity contribution >= 4 is 22.6 Å². The number of hydrogen-bond donors (Lipinski definition) is 4. The number of carbonyl (C=O) groups is 1. The first-order valence-corrected chi connectivity index (χ1v) is 4.72. The first-order chi connectivity index (χ1) is 6.67. The molecule has 6 nitrogen and oxygen atoms in total. The Balaban J connectivity index is 2.71. The Bertz CT molecular complexity index is 310. The average Bonchev–Trinajstić information content (AvgIpc) is 2.54. The van der Waals surface area contributed by atoms with E-state index in [9.17, 15) is 4.79 Å². The van der Waals surface area contributed by atoms with Gasteiger partial charge in [-0.05, 0) is 0 Å². The van der Waals surface area contributed by atoms with E-state index in [0.717, 1.165) is 11.3 Å². The SMILES string of the molecule is O=C(O)Nc1nc(C(CO)CO)cs1. The van der Waals surface area contributed by atoms with Crippen LogP contribution in [0.1, 0.15) is 11.6 Å². The molecular formula is C7H10N2O4S. The molecule has 0 saturated carbocycles. The van der Waals surface area contributed by atoms with Crippen molar-refractivity contribution in [2.45, 2.75) is 5.92 Å². The Morgan fingerprint density at radius 3 is 2.71 bits per heavy atom. The van der Waals surface area contributed by atoms with Crippen molar-refractivity contribution in [3.8, 4) is 0 Å². The van der Waals surface area contributed by atoms with E-state index in [-0.39, 0.29) is 18.3 Å². The molecule has 0 atom stereocenters. The van der Waals surface area contributed by atoms with E-state index in [1.54, 1.807) is 5.38 Å². The van der Waals surface area contributed by atoms with Crippen LogP contribution in [-0.2, 0) is 0 Å². The van der Waals surface area contributed by atoms with Crippen LogP contribution >= 0.6 is 11.3 Å². The number of nitrogens with zero attached hydrogens (tertiary/aromatic N) is 1. The van der Waals surface area contributed by atoms with Crippen molar-refractivity contribution in [2.75, 3.05) is 18.5 Å². The lowest BCUT2D eigenvalue weighted by Gasteiger charge is -2.05. The molecule has 0 aliphatic heterocycles. The minimum atomic E-state index is -1.18. The van der Waals surface area contributed by atoms with Crippen LogP contribution in [0.4, 0.5) is 9.93 Å². The van der Waals surface area contributed by atoms with Crippen molar-refractivity contribution in [1.82, 2.24) is 4.98 Å². The standard InChI is InChI=1S/C7H10N2O4S/c10-1-4(2-11)5-3-14-6(8-5)9-7(12)13/h3-4,10-11H,1-2H2,(H,8,9)(H,12,13). The van der Waals surface area contributed by atoms with Gasteiger partial charge in [-0.15, -0.1) is 11.3 Å². The molecule has 1 amide bonds. The summed E-state index contributed by atoms with van der Waals surface area (Å²) >= 11 is 1.11. The van der Waals surface area contributed by atoms with Crippen LogP contribution in [0.15, 0.2) is 5.38 Å². The molecule has 78 valence electrons. The van der Waals surface area contributed by atoms with Gasteiger partial charge in [-0.25, -0.2) is 9.78 Å². The second-order valence-corrected chi connectivity index (χ2v) is 3.43. The van der Waals surface area contributed by atoms with Crippen LogP contribution in [0.3, 0.4) is 0 Å². The molecule has 7 heteroatoms. The topological polar surface area (TPSA) is 103 Å². The molecule has 1 aromatic rings. The third-order valence-corrected chi connectivity index (χ3v) is 2.37. The van der Waals surface area contributed by atoms with E-state index in [4.69, 9.17) is 15.3 Å². The third-order valence-electron chi connectivity index (χ3n) is 1.59. The molecule has 0 aliphatic carbocycles. The molecule has 0 radical (unpaired) electrons. The van der Waals surface area contributed by atoms with Gasteiger partial charge in [0, 0.05) is 11.3 Å². The molecule has 14 heavy (non-hydrogen) atoms. The fourth-order valence-corrected chi connectivity index (χ4v) is 1.65. The smallest absolute Gasteiger partial charge is 0.410 e. The number of carboxylic acid groups (broad SMARTS) is 1. The second kappa shape index (κ2) is 4.89. The molecule has 0 saturated heterocycles. The Morgan fingerprint density at radius 2 is 2.21 bits per heavy atom. The van der Waals surface area contributed by atoms with Crippen molar-refractivity contribution in [3.05, 3.63) is 11.1 Å². The minimum absolute atomic E-state index is 0.216. The summed E-state index contributed by atoms with van der Waals surface area (Å²) in [5.41, 5.74) is 0.490. The summed E-state index contributed by atoms with van der Waals surface area (Å²) in [4.78, 5) is 14.1. The zero-order valence-corrected chi connectivity index (χ0v) is 7.99. The highest BCUT2D eigenvalue weighted by Gasteiger charge is 2.13. The Kier molecular flexibility index (Phi) is 3.81. The molecule has 1 rings (SSSR count). The number of aromatic nitrogens is 1. The number of aliphatic hydroxyl groups is 2. The number of nitrogens with one attached hydrogen (secondary N) is 1. The third kappa shape index (κ3) is 2.66. The fraction of sp³-hybridized carbons (Fsp3) is 0.429. The summed E-state index contributed by atoms with van der Waals surface area (Å²) in [5.74, 6) is -0.449. The summed E-state index contributed by atoms with van der Waals surface area (Å²) in [6, 6.07) is 0. The predicted molar refractivity (Wildman–Crippen MR) is 50.7 cm³/mol. The van der Waals surface area contributed by atoms with Gasteiger partial charge in [-0.3, -0.25) is 5.32 Å². The summed E-state index contributed by atoms with van der Waals surface area (Å²) < 4.78 is 0. The number of anilines is 1. The van der Waals surface area contributed by atoms with Gasteiger partial charge in [-0.1, -0.05) is 0 Å². The average molecular weight is 218 g/mol. The van der Waals surface area contributed by atoms with Gasteiger partial charge in [-0.2, -0.15) is 0 Å². The monoisotopic (exact) mass is 218 g/mol. The quantitative estimate of drug-likeness (QED) is 0.582. The van der Waals surface area contributed by atoms with E-state index in [2.05, 4.69) is 10.3 Å². The lowest BCUT2D eigenvalue weighted by molar-refractivity contribution is 0.191. The maximum Gasteiger partial charge on any atom is 0.410 e. The van der Waals surface area contributed by atoms with Gasteiger partial charge in [0.1, 0.15) is 0 Å². The zero-order chi connectivity index (χ0) is 10.6. The Hall–Kier alpha value is -1.18. The van der Waals surface area contributed by atoms with Crippen LogP contribution in [0, 0.1) is 0 Å². The molecule has 0 fully saturated rings. The van der Waals surface area contributed by atoms with E-state index >= 15 is 0 Å². The first-order valence-electron chi connectivity index (χ1n) is 3.84. The van der Waals surface area contributed by atoms with Crippen molar-refractivity contribution in [1.29, 1.82) is 0 Å². The largest absolute Gasteiger partial charge is 0.465 e. The number of hydrogen-bond acceptors (Lipinski definition) is 5. The molecule has 1 heterocycles. The van der Waals surface area contributed by atoms with E-state index < -0.39 is 12.0 Å². The predicted octanol–water partition coefficient (Wildman–Crippen LogP) is 0.301. The summed E-state index contributed by atoms with van der Waals surface area (Å²) in [6.45, 7) is -0.431. The maximum absolute atomic E-state index is 10.2. The van der Waals surface area contributed by atoms with E-state index in [1.807, 2.05) is 0 Å². The summed E-state index contributed by atoms with van der Waals surface area (Å²) in [6.07, 6.45) is -1.18. The van der Waals surface area contributed by atoms with Crippen LogP contribution in [0.25, 0.3) is 0 Å². The summed E-state index contributed by atoms with van der Waals surface area (Å²) in [5, 5.41) is 30.0. The fourth-order valence-electron chi connectivity index (χ4n) is 0.867. The normalized spacial score (nSPS) is 10.5. The highest BCUT2D eigenvalue weighted by molar-refractivity contribution is 7.13. The number of rotatable bonds is 4. The molecule has 0 bridgehead atoms. The lowest BCUT2D eigenvalue weighted by Crippen LogP contribution is -2.10. The summed E-state index contributed by atoms with van der Waals surface area (Å²) in [7, 11) is 0. The van der Waals surface area contributed by atoms with Gasteiger partial charge in [0.2, 0.25) is 0 Å². The van der Waals surface area contributed by atoms with Crippen LogP contribution < -0.4 is 5.32 Å². The highest BCUT2D eigenvalue weighted by atomic mass is 32.1. The van der Waals surface area contributed by atoms with Gasteiger partial charge in [0.05, 0.1) is 18.9 Å². The number of amides is 1. The van der Waals surface area contributed by atoms with Crippen molar-refractivity contribution in [3.63, 3.8) is 0 Å². The molecule has 0 spiro atoms. The van der Waals surface area contributed by atoms with Crippen molar-refractivity contribution < 1.29 is 20.1 Å². The van der Waals surface area contributed by atoms with Crippen LogP contribution in [-0.4, -0.2) is 39.6 Å². The maximum atomic E-state index is 10.2. The Labute approximate surface area is 83.8 Å². The van der Waals surface area contributed by atoms with Gasteiger partial charge >= 0.3 is 6.09 Å². The molecule has 0 unspecified atom stereocenters. The molecular weight excluding hydrogens is 208 g/mol. The highest BCUT2D eigenvalue weighted by Crippen LogP contribution is 2.21. The lowest BCUT2D eigenvalue weighted by atomic mass is 10.1. The second-order valence-electron chi connectivity index (χ2n) is 2.57. The molecule has 0 aromatic carbocycles. The van der Waals surface area contributed by atoms with Crippen molar-refractivity contribution in [2.24, 2.45) is 0 Å². The van der Waals surface area contributed by atoms with Gasteiger partial charge < -0.3 is 15.3 Å². The minimum Gasteiger partial charge on any atom is -0.465 e. The van der Waals surface area contributed by atoms with Gasteiger partial charge in [0.15, 0.2) is 5.13 Å². The van der Waals surface area contributed by atoms with Crippen LogP contribution in [0.5, 0.6) is 0 Å². The van der Waals surface area contributed by atoms with E-state index in [0.29, 0.717) is 5.69 Å². The van der Waals surface area contributed by atoms with E-state index in [1.165, 1.54) is 0 Å². The van der Waals surface area contributed by atoms with Gasteiger partial charge in [0.25, 0.3) is 0 Å². The number of aliphatic hydroxyl groups excluding tert-OH is 2. The van der Waals surface area contributed by atoms with Crippen LogP contribution in [0.2, 0.25) is 0 Å². The first kappa shape index (κ1) is 10.9. The Morgan fingerprint density at radius 1 is 1.57 bits per heavy atom. The molecule has 4 N–H and O–H groups in total. The molecule has 1 aromatic heterocycles.